The van der Waals surface area contributed by atoms with Crippen LogP contribution < -0.4 is 5.32 Å². The molecule has 0 bridgehead atoms. The molecule has 0 atom stereocenters. The summed E-state index contributed by atoms with van der Waals surface area (Å²) < 4.78 is 5.81. The summed E-state index contributed by atoms with van der Waals surface area (Å²) >= 11 is 0. The highest BCUT2D eigenvalue weighted by Crippen LogP contribution is 2.16. The minimum Gasteiger partial charge on any atom is -0.465 e. The van der Waals surface area contributed by atoms with Crippen LogP contribution in [0.2, 0.25) is 0 Å². The van der Waals surface area contributed by atoms with Gasteiger partial charge in [0.25, 0.3) is 0 Å². The number of hydrogen-bond acceptors (Lipinski definition) is 3. The smallest absolute Gasteiger partial charge is 0.118 e. The lowest BCUT2D eigenvalue weighted by Gasteiger charge is -2.17. The number of hydrogen-bond donors (Lipinski definition) is 1. The van der Waals surface area contributed by atoms with Gasteiger partial charge in [0.15, 0.2) is 0 Å². The van der Waals surface area contributed by atoms with E-state index in [9.17, 15) is 0 Å². The summed E-state index contributed by atoms with van der Waals surface area (Å²) in [7, 11) is 0. The molecule has 0 aliphatic carbocycles. The molecule has 0 saturated heterocycles. The number of nitrogens with zero attached hydrogens (tertiary/aromatic N) is 1. The molecule has 0 aromatic carbocycles. The first-order valence-electron chi connectivity index (χ1n) is 6.72. The van der Waals surface area contributed by atoms with Crippen molar-refractivity contribution in [3.05, 3.63) is 23.2 Å². The van der Waals surface area contributed by atoms with Gasteiger partial charge in [0, 0.05) is 12.1 Å². The van der Waals surface area contributed by atoms with Gasteiger partial charge in [-0.3, -0.25) is 4.90 Å². The summed E-state index contributed by atoms with van der Waals surface area (Å²) in [6.07, 6.45) is 1.19. The molecular formula is C14H26N2O. The van der Waals surface area contributed by atoms with Crippen LogP contribution in [0.4, 0.5) is 0 Å². The van der Waals surface area contributed by atoms with Crippen molar-refractivity contribution in [2.75, 3.05) is 19.6 Å². The lowest BCUT2D eigenvalue weighted by molar-refractivity contribution is 0.254. The molecule has 3 heteroatoms. The SMILES string of the molecule is CCCN(CC)Cc1cc(CNCC)c(C)o1. The fourth-order valence-corrected chi connectivity index (χ4v) is 1.99. The van der Waals surface area contributed by atoms with Crippen molar-refractivity contribution >= 4 is 0 Å². The van der Waals surface area contributed by atoms with E-state index in [1.165, 1.54) is 12.0 Å². The van der Waals surface area contributed by atoms with Gasteiger partial charge in [-0.2, -0.15) is 0 Å². The van der Waals surface area contributed by atoms with Crippen molar-refractivity contribution in [2.45, 2.75) is 47.2 Å². The van der Waals surface area contributed by atoms with Crippen LogP contribution in [-0.2, 0) is 13.1 Å². The van der Waals surface area contributed by atoms with Crippen molar-refractivity contribution in [2.24, 2.45) is 0 Å². The van der Waals surface area contributed by atoms with Crippen LogP contribution in [0.25, 0.3) is 0 Å². The van der Waals surface area contributed by atoms with E-state index in [2.05, 4.69) is 37.1 Å². The zero-order chi connectivity index (χ0) is 12.7. The van der Waals surface area contributed by atoms with E-state index in [0.29, 0.717) is 0 Å². The van der Waals surface area contributed by atoms with Gasteiger partial charge in [0.1, 0.15) is 11.5 Å². The molecule has 0 aliphatic rings. The predicted octanol–water partition coefficient (Wildman–Crippen LogP) is 2.93. The Bertz CT molecular complexity index is 320. The lowest BCUT2D eigenvalue weighted by Crippen LogP contribution is -2.23. The molecule has 0 aliphatic heterocycles. The standard InChI is InChI=1S/C14H26N2O/c1-5-8-16(7-3)11-14-9-13(10-15-6-2)12(4)17-14/h9,15H,5-8,10-11H2,1-4H3. The Morgan fingerprint density at radius 1 is 1.29 bits per heavy atom. The second-order valence-corrected chi connectivity index (χ2v) is 4.44. The van der Waals surface area contributed by atoms with Crippen LogP contribution in [0.1, 0.15) is 44.3 Å². The third kappa shape index (κ3) is 4.52. The molecule has 0 unspecified atom stereocenters. The van der Waals surface area contributed by atoms with Gasteiger partial charge < -0.3 is 9.73 Å². The van der Waals surface area contributed by atoms with Crippen molar-refractivity contribution in [3.63, 3.8) is 0 Å². The van der Waals surface area contributed by atoms with E-state index in [0.717, 1.165) is 44.2 Å². The second kappa shape index (κ2) is 7.51. The molecule has 1 N–H and O–H groups in total. The van der Waals surface area contributed by atoms with E-state index in [1.807, 2.05) is 6.92 Å². The summed E-state index contributed by atoms with van der Waals surface area (Å²) in [6, 6.07) is 2.19. The Hall–Kier alpha value is -0.800. The van der Waals surface area contributed by atoms with Gasteiger partial charge in [0.2, 0.25) is 0 Å². The first kappa shape index (κ1) is 14.3. The van der Waals surface area contributed by atoms with Crippen LogP contribution in [0.15, 0.2) is 10.5 Å². The van der Waals surface area contributed by atoms with E-state index in [1.54, 1.807) is 0 Å². The maximum absolute atomic E-state index is 5.81. The van der Waals surface area contributed by atoms with E-state index in [-0.39, 0.29) is 0 Å². The maximum atomic E-state index is 5.81. The first-order chi connectivity index (χ1) is 8.21. The molecule has 0 amide bonds. The second-order valence-electron chi connectivity index (χ2n) is 4.44. The Morgan fingerprint density at radius 3 is 2.65 bits per heavy atom. The van der Waals surface area contributed by atoms with Crippen LogP contribution in [-0.4, -0.2) is 24.5 Å². The number of aryl methyl sites for hydroxylation is 1. The fraction of sp³-hybridized carbons (Fsp3) is 0.714. The highest BCUT2D eigenvalue weighted by molar-refractivity contribution is 5.20. The molecule has 0 fully saturated rings. The van der Waals surface area contributed by atoms with Gasteiger partial charge in [-0.1, -0.05) is 20.8 Å². The van der Waals surface area contributed by atoms with E-state index in [4.69, 9.17) is 4.42 Å². The van der Waals surface area contributed by atoms with Gasteiger partial charge in [-0.15, -0.1) is 0 Å². The van der Waals surface area contributed by atoms with Gasteiger partial charge in [0.05, 0.1) is 6.54 Å². The summed E-state index contributed by atoms with van der Waals surface area (Å²) in [6.45, 7) is 13.6. The van der Waals surface area contributed by atoms with Gasteiger partial charge in [-0.25, -0.2) is 0 Å². The van der Waals surface area contributed by atoms with Crippen molar-refractivity contribution < 1.29 is 4.42 Å². The highest BCUT2D eigenvalue weighted by Gasteiger charge is 2.09. The maximum Gasteiger partial charge on any atom is 0.118 e. The minimum absolute atomic E-state index is 0.908. The quantitative estimate of drug-likeness (QED) is 0.755. The first-order valence-corrected chi connectivity index (χ1v) is 6.72. The molecule has 1 aromatic heterocycles. The Labute approximate surface area is 105 Å². The van der Waals surface area contributed by atoms with Crippen LogP contribution in [0.5, 0.6) is 0 Å². The minimum atomic E-state index is 0.908. The highest BCUT2D eigenvalue weighted by atomic mass is 16.3. The van der Waals surface area contributed by atoms with E-state index < -0.39 is 0 Å². The number of nitrogens with one attached hydrogen (secondary N) is 1. The molecular weight excluding hydrogens is 212 g/mol. The third-order valence-corrected chi connectivity index (χ3v) is 3.00. The van der Waals surface area contributed by atoms with E-state index >= 15 is 0 Å². The van der Waals surface area contributed by atoms with Crippen LogP contribution in [0, 0.1) is 6.92 Å². The molecule has 0 radical (unpaired) electrons. The normalized spacial score (nSPS) is 11.4. The Balaban J connectivity index is 2.59. The zero-order valence-electron chi connectivity index (χ0n) is 11.7. The Morgan fingerprint density at radius 2 is 2.06 bits per heavy atom. The molecule has 1 aromatic rings. The van der Waals surface area contributed by atoms with Crippen molar-refractivity contribution in [1.29, 1.82) is 0 Å². The molecule has 3 nitrogen and oxygen atoms in total. The zero-order valence-corrected chi connectivity index (χ0v) is 11.7. The van der Waals surface area contributed by atoms with Gasteiger partial charge >= 0.3 is 0 Å². The lowest BCUT2D eigenvalue weighted by atomic mass is 10.2. The predicted molar refractivity (Wildman–Crippen MR) is 72.1 cm³/mol. The monoisotopic (exact) mass is 238 g/mol. The Kier molecular flexibility index (Phi) is 6.30. The molecule has 98 valence electrons. The molecule has 17 heavy (non-hydrogen) atoms. The average molecular weight is 238 g/mol. The molecule has 1 heterocycles. The summed E-state index contributed by atoms with van der Waals surface area (Å²) in [5.41, 5.74) is 1.29. The van der Waals surface area contributed by atoms with Crippen molar-refractivity contribution in [1.82, 2.24) is 10.2 Å². The topological polar surface area (TPSA) is 28.4 Å². The molecule has 0 spiro atoms. The largest absolute Gasteiger partial charge is 0.465 e. The molecule has 0 saturated carbocycles. The fourth-order valence-electron chi connectivity index (χ4n) is 1.99. The van der Waals surface area contributed by atoms with Crippen LogP contribution >= 0.6 is 0 Å². The number of furan rings is 1. The third-order valence-electron chi connectivity index (χ3n) is 3.00. The average Bonchev–Trinajstić information content (AvgIpc) is 2.66. The van der Waals surface area contributed by atoms with Crippen LogP contribution in [0.3, 0.4) is 0 Å². The van der Waals surface area contributed by atoms with Crippen molar-refractivity contribution in [3.8, 4) is 0 Å². The summed E-state index contributed by atoms with van der Waals surface area (Å²) in [4.78, 5) is 2.41. The summed E-state index contributed by atoms with van der Waals surface area (Å²) in [5.74, 6) is 2.14. The van der Waals surface area contributed by atoms with Gasteiger partial charge in [-0.05, 0) is 39.0 Å². The summed E-state index contributed by atoms with van der Waals surface area (Å²) in [5, 5.41) is 3.34. The molecule has 1 rings (SSSR count). The number of rotatable bonds is 8.